The highest BCUT2D eigenvalue weighted by molar-refractivity contribution is 5.99. The molecule has 1 aliphatic heterocycles. The summed E-state index contributed by atoms with van der Waals surface area (Å²) in [4.78, 5) is 11.2. The second-order valence-electron chi connectivity index (χ2n) is 7.03. The van der Waals surface area contributed by atoms with Crippen molar-refractivity contribution in [2.24, 2.45) is 7.05 Å². The van der Waals surface area contributed by atoms with Gasteiger partial charge in [0, 0.05) is 25.7 Å². The van der Waals surface area contributed by atoms with E-state index >= 15 is 0 Å². The van der Waals surface area contributed by atoms with Crippen molar-refractivity contribution in [2.75, 3.05) is 37.2 Å². The van der Waals surface area contributed by atoms with E-state index in [1.165, 1.54) is 36.1 Å². The standard InChI is InChI=1S/C19H23F2N7/c1-27-17(22)14-16(12-6-5-7-13(20)15(12)21)24-19(25-18(14)26-27)23-8-11-28-9-3-2-4-10-28/h5-7H,2-4,8-11,22H2,1H3,(H,23,25,26). The molecule has 0 unspecified atom stereocenters. The lowest BCUT2D eigenvalue weighted by atomic mass is 10.1. The van der Waals surface area contributed by atoms with E-state index in [1.54, 1.807) is 7.05 Å². The largest absolute Gasteiger partial charge is 0.383 e. The van der Waals surface area contributed by atoms with Gasteiger partial charge >= 0.3 is 0 Å². The Labute approximate surface area is 161 Å². The zero-order valence-corrected chi connectivity index (χ0v) is 15.8. The SMILES string of the molecule is Cn1nc2nc(NCCN3CCCCC3)nc(-c3cccc(F)c3F)c2c1N. The van der Waals surface area contributed by atoms with E-state index in [2.05, 4.69) is 25.3 Å². The van der Waals surface area contributed by atoms with Crippen LogP contribution in [-0.2, 0) is 7.05 Å². The Bertz CT molecular complexity index is 996. The quantitative estimate of drug-likeness (QED) is 0.700. The molecule has 1 aliphatic rings. The van der Waals surface area contributed by atoms with Gasteiger partial charge in [0.15, 0.2) is 17.3 Å². The average molecular weight is 387 g/mol. The molecule has 4 rings (SSSR count). The molecule has 9 heteroatoms. The minimum Gasteiger partial charge on any atom is -0.383 e. The fraction of sp³-hybridized carbons (Fsp3) is 0.421. The predicted molar refractivity (Wildman–Crippen MR) is 105 cm³/mol. The van der Waals surface area contributed by atoms with Crippen LogP contribution in [0.1, 0.15) is 19.3 Å². The molecule has 3 aromatic rings. The number of rotatable bonds is 5. The van der Waals surface area contributed by atoms with Gasteiger partial charge in [-0.25, -0.2) is 13.8 Å². The molecule has 0 bridgehead atoms. The van der Waals surface area contributed by atoms with Gasteiger partial charge in [0.05, 0.1) is 11.1 Å². The number of piperidine rings is 1. The van der Waals surface area contributed by atoms with E-state index in [4.69, 9.17) is 5.73 Å². The van der Waals surface area contributed by atoms with E-state index in [0.717, 1.165) is 25.7 Å². The van der Waals surface area contributed by atoms with Crippen LogP contribution in [0.25, 0.3) is 22.3 Å². The first kappa shape index (κ1) is 18.5. The number of likely N-dealkylation sites (tertiary alicyclic amines) is 1. The number of halogens is 2. The molecule has 0 amide bonds. The molecule has 0 spiro atoms. The van der Waals surface area contributed by atoms with Gasteiger partial charge in [0.25, 0.3) is 0 Å². The van der Waals surface area contributed by atoms with Crippen molar-refractivity contribution in [3.8, 4) is 11.3 Å². The highest BCUT2D eigenvalue weighted by Crippen LogP contribution is 2.33. The van der Waals surface area contributed by atoms with Gasteiger partial charge < -0.3 is 16.0 Å². The van der Waals surface area contributed by atoms with Crippen molar-refractivity contribution in [2.45, 2.75) is 19.3 Å². The van der Waals surface area contributed by atoms with Gasteiger partial charge in [-0.1, -0.05) is 12.5 Å². The molecular formula is C19H23F2N7. The summed E-state index contributed by atoms with van der Waals surface area (Å²) >= 11 is 0. The summed E-state index contributed by atoms with van der Waals surface area (Å²) < 4.78 is 29.7. The summed E-state index contributed by atoms with van der Waals surface area (Å²) in [6, 6.07) is 3.99. The number of nitrogens with one attached hydrogen (secondary N) is 1. The highest BCUT2D eigenvalue weighted by Gasteiger charge is 2.21. The lowest BCUT2D eigenvalue weighted by Crippen LogP contribution is -2.33. The molecule has 3 heterocycles. The number of nitrogen functional groups attached to an aromatic ring is 1. The van der Waals surface area contributed by atoms with Crippen molar-refractivity contribution in [3.05, 3.63) is 29.8 Å². The maximum absolute atomic E-state index is 14.4. The molecule has 0 atom stereocenters. The van der Waals surface area contributed by atoms with Gasteiger partial charge in [-0.3, -0.25) is 4.68 Å². The first-order chi connectivity index (χ1) is 13.5. The Morgan fingerprint density at radius 1 is 1.14 bits per heavy atom. The van der Waals surface area contributed by atoms with Gasteiger partial charge in [0.2, 0.25) is 5.95 Å². The van der Waals surface area contributed by atoms with Crippen molar-refractivity contribution >= 4 is 22.8 Å². The molecule has 0 saturated carbocycles. The first-order valence-electron chi connectivity index (χ1n) is 9.45. The van der Waals surface area contributed by atoms with E-state index < -0.39 is 11.6 Å². The second kappa shape index (κ2) is 7.67. The Morgan fingerprint density at radius 2 is 1.93 bits per heavy atom. The summed E-state index contributed by atoms with van der Waals surface area (Å²) in [5.41, 5.74) is 6.69. The van der Waals surface area contributed by atoms with Crippen LogP contribution >= 0.6 is 0 Å². The number of nitrogens with zero attached hydrogens (tertiary/aromatic N) is 5. The maximum atomic E-state index is 14.4. The van der Waals surface area contributed by atoms with E-state index in [0.29, 0.717) is 29.3 Å². The minimum atomic E-state index is -0.968. The lowest BCUT2D eigenvalue weighted by molar-refractivity contribution is 0.237. The summed E-state index contributed by atoms with van der Waals surface area (Å²) in [5.74, 6) is -1.29. The number of hydrogen-bond donors (Lipinski definition) is 2. The number of hydrogen-bond acceptors (Lipinski definition) is 6. The van der Waals surface area contributed by atoms with Crippen molar-refractivity contribution in [1.82, 2.24) is 24.6 Å². The molecule has 2 aromatic heterocycles. The molecular weight excluding hydrogens is 364 g/mol. The van der Waals surface area contributed by atoms with E-state index in [-0.39, 0.29) is 11.3 Å². The predicted octanol–water partition coefficient (Wildman–Crippen LogP) is 2.79. The lowest BCUT2D eigenvalue weighted by Gasteiger charge is -2.26. The fourth-order valence-corrected chi connectivity index (χ4v) is 3.58. The Morgan fingerprint density at radius 3 is 2.71 bits per heavy atom. The fourth-order valence-electron chi connectivity index (χ4n) is 3.58. The minimum absolute atomic E-state index is 0.0335. The van der Waals surface area contributed by atoms with Crippen LogP contribution in [0.2, 0.25) is 0 Å². The van der Waals surface area contributed by atoms with Gasteiger partial charge in [-0.2, -0.15) is 10.1 Å². The van der Waals surface area contributed by atoms with E-state index in [9.17, 15) is 8.78 Å². The summed E-state index contributed by atoms with van der Waals surface area (Å²) in [7, 11) is 1.67. The molecule has 1 fully saturated rings. The number of anilines is 2. The third-order valence-corrected chi connectivity index (χ3v) is 5.11. The Balaban J connectivity index is 1.68. The first-order valence-corrected chi connectivity index (χ1v) is 9.45. The molecule has 1 aromatic carbocycles. The highest BCUT2D eigenvalue weighted by atomic mass is 19.2. The van der Waals surface area contributed by atoms with Crippen LogP contribution in [0.4, 0.5) is 20.5 Å². The Kier molecular flexibility index (Phi) is 5.08. The molecule has 1 saturated heterocycles. The number of benzene rings is 1. The average Bonchev–Trinajstić information content (AvgIpc) is 2.98. The normalized spacial score (nSPS) is 15.2. The zero-order valence-electron chi connectivity index (χ0n) is 15.8. The Hall–Kier alpha value is -2.81. The van der Waals surface area contributed by atoms with Crippen LogP contribution in [0.15, 0.2) is 18.2 Å². The van der Waals surface area contributed by atoms with Gasteiger partial charge in [0.1, 0.15) is 5.82 Å². The third-order valence-electron chi connectivity index (χ3n) is 5.11. The zero-order chi connectivity index (χ0) is 19.7. The summed E-state index contributed by atoms with van der Waals surface area (Å²) in [6.45, 7) is 3.71. The molecule has 3 N–H and O–H groups in total. The number of nitrogens with two attached hydrogens (primary N) is 1. The molecule has 0 radical (unpaired) electrons. The summed E-state index contributed by atoms with van der Waals surface area (Å²) in [5, 5.41) is 7.88. The number of fused-ring (bicyclic) bond motifs is 1. The van der Waals surface area contributed by atoms with Crippen LogP contribution in [-0.4, -0.2) is 50.8 Å². The monoisotopic (exact) mass is 387 g/mol. The molecule has 28 heavy (non-hydrogen) atoms. The van der Waals surface area contributed by atoms with Crippen molar-refractivity contribution in [1.29, 1.82) is 0 Å². The van der Waals surface area contributed by atoms with E-state index in [1.807, 2.05) is 0 Å². The summed E-state index contributed by atoms with van der Waals surface area (Å²) in [6.07, 6.45) is 3.73. The third kappa shape index (κ3) is 3.49. The van der Waals surface area contributed by atoms with Crippen LogP contribution in [0.5, 0.6) is 0 Å². The van der Waals surface area contributed by atoms with Crippen LogP contribution in [0, 0.1) is 11.6 Å². The number of aryl methyl sites for hydroxylation is 1. The van der Waals surface area contributed by atoms with Gasteiger partial charge in [-0.05, 0) is 38.1 Å². The smallest absolute Gasteiger partial charge is 0.225 e. The molecule has 0 aliphatic carbocycles. The molecule has 7 nitrogen and oxygen atoms in total. The van der Waals surface area contributed by atoms with Gasteiger partial charge in [-0.15, -0.1) is 0 Å². The van der Waals surface area contributed by atoms with Crippen LogP contribution in [0.3, 0.4) is 0 Å². The van der Waals surface area contributed by atoms with Crippen molar-refractivity contribution in [3.63, 3.8) is 0 Å². The molecule has 148 valence electrons. The maximum Gasteiger partial charge on any atom is 0.225 e. The van der Waals surface area contributed by atoms with Crippen molar-refractivity contribution < 1.29 is 8.78 Å². The van der Waals surface area contributed by atoms with Crippen LogP contribution < -0.4 is 11.1 Å². The topological polar surface area (TPSA) is 84.9 Å². The number of aromatic nitrogens is 4. The second-order valence-corrected chi connectivity index (χ2v) is 7.03.